The Hall–Kier alpha value is -2.53. The third kappa shape index (κ3) is 5.99. The highest BCUT2D eigenvalue weighted by Crippen LogP contribution is 2.34. The van der Waals surface area contributed by atoms with Gasteiger partial charge in [0.05, 0.1) is 11.6 Å². The topological polar surface area (TPSA) is 60.5 Å². The second-order valence-electron chi connectivity index (χ2n) is 7.18. The maximum Gasteiger partial charge on any atom is 0.219 e. The molecule has 0 bridgehead atoms. The zero-order valence-electron chi connectivity index (χ0n) is 16.4. The zero-order valence-corrected chi connectivity index (χ0v) is 17.1. The molecule has 2 aromatic rings. The number of rotatable bonds is 8. The van der Waals surface area contributed by atoms with Gasteiger partial charge in [-0.1, -0.05) is 23.8 Å². The first kappa shape index (κ1) is 20.2. The van der Waals surface area contributed by atoms with Crippen LogP contribution in [0.25, 0.3) is 6.08 Å². The van der Waals surface area contributed by atoms with Crippen LogP contribution in [0.15, 0.2) is 36.5 Å². The molecule has 6 heteroatoms. The fourth-order valence-corrected chi connectivity index (χ4v) is 2.86. The summed E-state index contributed by atoms with van der Waals surface area (Å²) >= 11 is 6.33. The summed E-state index contributed by atoms with van der Waals surface area (Å²) in [7, 11) is 0. The van der Waals surface area contributed by atoms with E-state index in [4.69, 9.17) is 21.1 Å². The number of amides is 1. The van der Waals surface area contributed by atoms with E-state index in [1.807, 2.05) is 38.1 Å². The predicted octanol–water partition coefficient (Wildman–Crippen LogP) is 5.16. The van der Waals surface area contributed by atoms with Crippen LogP contribution in [-0.4, -0.2) is 23.5 Å². The van der Waals surface area contributed by atoms with Gasteiger partial charge in [-0.25, -0.2) is 4.98 Å². The highest BCUT2D eigenvalue weighted by Gasteiger charge is 2.22. The minimum Gasteiger partial charge on any atom is -0.493 e. The average molecular weight is 401 g/mol. The molecule has 1 saturated carbocycles. The van der Waals surface area contributed by atoms with Crippen molar-refractivity contribution in [3.8, 4) is 17.4 Å². The van der Waals surface area contributed by atoms with Gasteiger partial charge in [-0.2, -0.15) is 0 Å². The van der Waals surface area contributed by atoms with Gasteiger partial charge in [0, 0.05) is 31.3 Å². The maximum absolute atomic E-state index is 11.1. The molecule has 0 saturated heterocycles. The minimum atomic E-state index is -0.0587. The Bertz CT molecular complexity index is 878. The van der Waals surface area contributed by atoms with Crippen LogP contribution in [0.5, 0.6) is 17.4 Å². The molecule has 0 spiro atoms. The molecule has 1 fully saturated rings. The van der Waals surface area contributed by atoms with Gasteiger partial charge in [-0.3, -0.25) is 4.79 Å². The van der Waals surface area contributed by atoms with E-state index in [-0.39, 0.29) is 11.9 Å². The summed E-state index contributed by atoms with van der Waals surface area (Å²) in [6.45, 7) is 6.14. The van der Waals surface area contributed by atoms with Gasteiger partial charge in [0.1, 0.15) is 11.5 Å². The number of nitrogens with one attached hydrogen (secondary N) is 1. The number of aromatic nitrogens is 1. The number of benzene rings is 1. The van der Waals surface area contributed by atoms with Crippen molar-refractivity contribution in [3.63, 3.8) is 0 Å². The molecule has 1 atom stereocenters. The van der Waals surface area contributed by atoms with Gasteiger partial charge >= 0.3 is 0 Å². The first-order valence-electron chi connectivity index (χ1n) is 9.43. The van der Waals surface area contributed by atoms with E-state index in [0.29, 0.717) is 22.6 Å². The van der Waals surface area contributed by atoms with Gasteiger partial charge in [0.2, 0.25) is 11.8 Å². The lowest BCUT2D eigenvalue weighted by atomic mass is 10.1. The molecular formula is C22H25ClN2O3. The Morgan fingerprint density at radius 3 is 2.82 bits per heavy atom. The largest absolute Gasteiger partial charge is 0.493 e. The van der Waals surface area contributed by atoms with E-state index in [1.54, 1.807) is 18.3 Å². The Balaban J connectivity index is 1.63. The number of carbonyl (C=O) groups is 1. The summed E-state index contributed by atoms with van der Waals surface area (Å²) in [6.07, 6.45) is 8.09. The van der Waals surface area contributed by atoms with E-state index < -0.39 is 0 Å². The maximum atomic E-state index is 11.1. The van der Waals surface area contributed by atoms with E-state index in [9.17, 15) is 4.79 Å². The number of halogens is 1. The first-order valence-corrected chi connectivity index (χ1v) is 9.80. The van der Waals surface area contributed by atoms with Crippen molar-refractivity contribution >= 4 is 23.6 Å². The van der Waals surface area contributed by atoms with Crippen LogP contribution in [0.3, 0.4) is 0 Å². The lowest BCUT2D eigenvalue weighted by Crippen LogP contribution is -2.28. The number of aryl methyl sites for hydroxylation is 1. The van der Waals surface area contributed by atoms with Crippen molar-refractivity contribution in [1.82, 2.24) is 10.3 Å². The molecule has 1 aromatic heterocycles. The Labute approximate surface area is 170 Å². The SMILES string of the molecule is CC(=O)N[C@@H](C)C=Cc1cnc(Oc2ccc(OCC3CC3)cc2Cl)cc1C. The molecular weight excluding hydrogens is 376 g/mol. The quantitative estimate of drug-likeness (QED) is 0.664. The van der Waals surface area contributed by atoms with Crippen molar-refractivity contribution in [2.75, 3.05) is 6.61 Å². The molecule has 148 valence electrons. The van der Waals surface area contributed by atoms with E-state index >= 15 is 0 Å². The van der Waals surface area contributed by atoms with Crippen molar-refractivity contribution in [2.45, 2.75) is 39.7 Å². The Morgan fingerprint density at radius 2 is 2.18 bits per heavy atom. The smallest absolute Gasteiger partial charge is 0.219 e. The monoisotopic (exact) mass is 400 g/mol. The summed E-state index contributed by atoms with van der Waals surface area (Å²) in [5.41, 5.74) is 1.97. The van der Waals surface area contributed by atoms with Crippen molar-refractivity contribution in [3.05, 3.63) is 52.7 Å². The summed E-state index contributed by atoms with van der Waals surface area (Å²) in [6, 6.07) is 7.23. The molecule has 5 nitrogen and oxygen atoms in total. The van der Waals surface area contributed by atoms with Gasteiger partial charge < -0.3 is 14.8 Å². The van der Waals surface area contributed by atoms with Crippen LogP contribution in [0.1, 0.15) is 37.8 Å². The normalized spacial score (nSPS) is 14.7. The molecule has 1 aromatic carbocycles. The molecule has 1 N–H and O–H groups in total. The molecule has 0 aliphatic heterocycles. The van der Waals surface area contributed by atoms with E-state index in [1.165, 1.54) is 19.8 Å². The summed E-state index contributed by atoms with van der Waals surface area (Å²) in [5, 5.41) is 3.30. The second-order valence-corrected chi connectivity index (χ2v) is 7.58. The van der Waals surface area contributed by atoms with Gasteiger partial charge in [0.15, 0.2) is 0 Å². The lowest BCUT2D eigenvalue weighted by molar-refractivity contribution is -0.119. The molecule has 1 aliphatic carbocycles. The third-order valence-corrected chi connectivity index (χ3v) is 4.72. The molecule has 1 amide bonds. The molecule has 0 unspecified atom stereocenters. The van der Waals surface area contributed by atoms with Crippen LogP contribution in [0.4, 0.5) is 0 Å². The predicted molar refractivity (Wildman–Crippen MR) is 111 cm³/mol. The van der Waals surface area contributed by atoms with E-state index in [2.05, 4.69) is 10.3 Å². The fourth-order valence-electron chi connectivity index (χ4n) is 2.65. The summed E-state index contributed by atoms with van der Waals surface area (Å²) in [4.78, 5) is 15.4. The van der Waals surface area contributed by atoms with Crippen LogP contribution in [0, 0.1) is 12.8 Å². The van der Waals surface area contributed by atoms with Crippen molar-refractivity contribution in [1.29, 1.82) is 0 Å². The number of nitrogens with zero attached hydrogens (tertiary/aromatic N) is 1. The number of ether oxygens (including phenoxy) is 2. The van der Waals surface area contributed by atoms with Crippen LogP contribution < -0.4 is 14.8 Å². The molecule has 1 aliphatic rings. The van der Waals surface area contributed by atoms with E-state index in [0.717, 1.165) is 23.5 Å². The third-order valence-electron chi connectivity index (χ3n) is 4.42. The summed E-state index contributed by atoms with van der Waals surface area (Å²) < 4.78 is 11.6. The van der Waals surface area contributed by atoms with Crippen LogP contribution in [-0.2, 0) is 4.79 Å². The van der Waals surface area contributed by atoms with Gasteiger partial charge in [-0.15, -0.1) is 0 Å². The Morgan fingerprint density at radius 1 is 1.39 bits per heavy atom. The molecule has 0 radical (unpaired) electrons. The molecule has 3 rings (SSSR count). The zero-order chi connectivity index (χ0) is 20.1. The molecule has 1 heterocycles. The highest BCUT2D eigenvalue weighted by atomic mass is 35.5. The van der Waals surface area contributed by atoms with Crippen molar-refractivity contribution in [2.24, 2.45) is 5.92 Å². The average Bonchev–Trinajstić information content (AvgIpc) is 3.45. The van der Waals surface area contributed by atoms with Crippen LogP contribution in [0.2, 0.25) is 5.02 Å². The standard InChI is InChI=1S/C22H25ClN2O3/c1-14-10-22(24-12-18(14)7-4-15(2)25-16(3)26)28-21-9-8-19(11-20(21)23)27-13-17-5-6-17/h4,7-12,15,17H,5-6,13H2,1-3H3,(H,25,26)/t15-/m0/s1. The van der Waals surface area contributed by atoms with Gasteiger partial charge in [-0.05, 0) is 55.9 Å². The molecule has 28 heavy (non-hydrogen) atoms. The minimum absolute atomic E-state index is 0.0488. The number of hydrogen-bond acceptors (Lipinski definition) is 4. The Kier molecular flexibility index (Phi) is 6.57. The van der Waals surface area contributed by atoms with Crippen LogP contribution >= 0.6 is 11.6 Å². The number of hydrogen-bond donors (Lipinski definition) is 1. The number of carbonyl (C=O) groups excluding carboxylic acids is 1. The lowest BCUT2D eigenvalue weighted by Gasteiger charge is -2.11. The fraction of sp³-hybridized carbons (Fsp3) is 0.364. The number of pyridine rings is 1. The summed E-state index contributed by atoms with van der Waals surface area (Å²) in [5.74, 6) is 2.39. The highest BCUT2D eigenvalue weighted by molar-refractivity contribution is 6.32. The van der Waals surface area contributed by atoms with Gasteiger partial charge in [0.25, 0.3) is 0 Å². The second kappa shape index (κ2) is 9.11. The first-order chi connectivity index (χ1) is 13.4. The van der Waals surface area contributed by atoms with Crippen molar-refractivity contribution < 1.29 is 14.3 Å².